The highest BCUT2D eigenvalue weighted by molar-refractivity contribution is 5.94. The van der Waals surface area contributed by atoms with Crippen LogP contribution in [0.25, 0.3) is 0 Å². The molecule has 0 saturated carbocycles. The summed E-state index contributed by atoms with van der Waals surface area (Å²) in [5.41, 5.74) is 0.0795. The number of amides is 1. The second-order valence-electron chi connectivity index (χ2n) is 3.08. The molecular weight excluding hydrogens is 200 g/mol. The first-order valence-electron chi connectivity index (χ1n) is 4.41. The van der Waals surface area contributed by atoms with Gasteiger partial charge < -0.3 is 5.32 Å². The Balaban J connectivity index is 2.98. The molecule has 0 fully saturated rings. The lowest BCUT2D eigenvalue weighted by atomic mass is 10.1. The van der Waals surface area contributed by atoms with Gasteiger partial charge in [0.2, 0.25) is 0 Å². The van der Waals surface area contributed by atoms with Crippen molar-refractivity contribution in [2.45, 2.75) is 6.92 Å². The number of aryl methyl sites for hydroxylation is 1. The van der Waals surface area contributed by atoms with Crippen molar-refractivity contribution < 1.29 is 13.6 Å². The van der Waals surface area contributed by atoms with E-state index in [4.69, 9.17) is 0 Å². The van der Waals surface area contributed by atoms with Gasteiger partial charge in [0.1, 0.15) is 11.6 Å². The van der Waals surface area contributed by atoms with Gasteiger partial charge in [0.25, 0.3) is 5.91 Å². The van der Waals surface area contributed by atoms with Gasteiger partial charge in [-0.1, -0.05) is 6.08 Å². The molecule has 0 atom stereocenters. The van der Waals surface area contributed by atoms with Crippen molar-refractivity contribution in [2.75, 3.05) is 6.54 Å². The standard InChI is InChI=1S/C11H11F2NO/c1-3-4-14-11(15)8-5-7(2)9(12)6-10(8)13/h3,5-6H,1,4H2,2H3,(H,14,15). The molecule has 1 rings (SSSR count). The average molecular weight is 211 g/mol. The highest BCUT2D eigenvalue weighted by Gasteiger charge is 2.13. The van der Waals surface area contributed by atoms with Crippen LogP contribution in [0.4, 0.5) is 8.78 Å². The first kappa shape index (κ1) is 11.4. The van der Waals surface area contributed by atoms with Crippen molar-refractivity contribution in [3.63, 3.8) is 0 Å². The maximum atomic E-state index is 13.2. The number of halogens is 2. The van der Waals surface area contributed by atoms with Crippen molar-refractivity contribution in [1.82, 2.24) is 5.32 Å². The van der Waals surface area contributed by atoms with Gasteiger partial charge in [-0.25, -0.2) is 8.78 Å². The van der Waals surface area contributed by atoms with Gasteiger partial charge in [0.15, 0.2) is 0 Å². The SMILES string of the molecule is C=CCNC(=O)c1cc(C)c(F)cc1F. The monoisotopic (exact) mass is 211 g/mol. The fourth-order valence-electron chi connectivity index (χ4n) is 1.09. The van der Waals surface area contributed by atoms with Crippen molar-refractivity contribution in [3.05, 3.63) is 47.5 Å². The minimum Gasteiger partial charge on any atom is -0.348 e. The van der Waals surface area contributed by atoms with E-state index < -0.39 is 17.5 Å². The van der Waals surface area contributed by atoms with Gasteiger partial charge in [-0.2, -0.15) is 0 Å². The van der Waals surface area contributed by atoms with Crippen LogP contribution in [0, 0.1) is 18.6 Å². The molecule has 0 aliphatic heterocycles. The summed E-state index contributed by atoms with van der Waals surface area (Å²) in [4.78, 5) is 11.4. The number of rotatable bonds is 3. The Labute approximate surface area is 86.6 Å². The van der Waals surface area contributed by atoms with Crippen LogP contribution in [0.3, 0.4) is 0 Å². The normalized spacial score (nSPS) is 9.80. The Kier molecular flexibility index (Phi) is 3.55. The summed E-state index contributed by atoms with van der Waals surface area (Å²) in [6, 6.07) is 1.89. The quantitative estimate of drug-likeness (QED) is 0.763. The number of hydrogen-bond donors (Lipinski definition) is 1. The van der Waals surface area contributed by atoms with E-state index in [1.165, 1.54) is 19.1 Å². The second-order valence-corrected chi connectivity index (χ2v) is 3.08. The molecule has 2 nitrogen and oxygen atoms in total. The van der Waals surface area contributed by atoms with Gasteiger partial charge in [-0.05, 0) is 18.6 Å². The molecule has 0 aliphatic carbocycles. The van der Waals surface area contributed by atoms with Gasteiger partial charge in [-0.3, -0.25) is 4.79 Å². The lowest BCUT2D eigenvalue weighted by molar-refractivity contribution is 0.0954. The van der Waals surface area contributed by atoms with Crippen molar-refractivity contribution in [2.24, 2.45) is 0 Å². The van der Waals surface area contributed by atoms with Crippen molar-refractivity contribution >= 4 is 5.91 Å². The highest BCUT2D eigenvalue weighted by atomic mass is 19.1. The summed E-state index contributed by atoms with van der Waals surface area (Å²) >= 11 is 0. The smallest absolute Gasteiger partial charge is 0.254 e. The van der Waals surface area contributed by atoms with Crippen LogP contribution in [-0.4, -0.2) is 12.5 Å². The summed E-state index contributed by atoms with van der Waals surface area (Å²) < 4.78 is 26.1. The Morgan fingerprint density at radius 2 is 2.13 bits per heavy atom. The molecule has 0 bridgehead atoms. The molecule has 1 amide bonds. The number of carbonyl (C=O) groups excluding carboxylic acids is 1. The minimum atomic E-state index is -0.861. The molecule has 80 valence electrons. The molecule has 1 aromatic rings. The maximum Gasteiger partial charge on any atom is 0.254 e. The van der Waals surface area contributed by atoms with E-state index in [2.05, 4.69) is 11.9 Å². The zero-order chi connectivity index (χ0) is 11.4. The van der Waals surface area contributed by atoms with Crippen LogP contribution in [0.5, 0.6) is 0 Å². The first-order chi connectivity index (χ1) is 7.06. The van der Waals surface area contributed by atoms with Crippen LogP contribution in [0.15, 0.2) is 24.8 Å². The van der Waals surface area contributed by atoms with E-state index in [1.54, 1.807) is 0 Å². The molecule has 0 heterocycles. The minimum absolute atomic E-state index is 0.157. The third-order valence-electron chi connectivity index (χ3n) is 1.90. The number of benzene rings is 1. The molecule has 4 heteroatoms. The fourth-order valence-corrected chi connectivity index (χ4v) is 1.09. The number of nitrogens with one attached hydrogen (secondary N) is 1. The van der Waals surface area contributed by atoms with Crippen molar-refractivity contribution in [3.8, 4) is 0 Å². The predicted molar refractivity (Wildman–Crippen MR) is 53.6 cm³/mol. The van der Waals surface area contributed by atoms with Gasteiger partial charge in [0, 0.05) is 12.6 Å². The van der Waals surface area contributed by atoms with Crippen LogP contribution < -0.4 is 5.32 Å². The summed E-state index contributed by atoms with van der Waals surface area (Å²) in [5.74, 6) is -2.09. The van der Waals surface area contributed by atoms with E-state index >= 15 is 0 Å². The van der Waals surface area contributed by atoms with Gasteiger partial charge in [0.05, 0.1) is 5.56 Å². The molecule has 0 aliphatic rings. The lowest BCUT2D eigenvalue weighted by Crippen LogP contribution is -2.24. The Morgan fingerprint density at radius 1 is 1.47 bits per heavy atom. The summed E-state index contributed by atoms with van der Waals surface area (Å²) in [6.45, 7) is 5.13. The summed E-state index contributed by atoms with van der Waals surface area (Å²) in [5, 5.41) is 2.42. The van der Waals surface area contributed by atoms with E-state index in [0.717, 1.165) is 0 Å². The van der Waals surface area contributed by atoms with Crippen LogP contribution >= 0.6 is 0 Å². The topological polar surface area (TPSA) is 29.1 Å². The Hall–Kier alpha value is -1.71. The van der Waals surface area contributed by atoms with E-state index in [0.29, 0.717) is 6.07 Å². The fraction of sp³-hybridized carbons (Fsp3) is 0.182. The zero-order valence-corrected chi connectivity index (χ0v) is 8.31. The molecule has 1 N–H and O–H groups in total. The Morgan fingerprint density at radius 3 is 2.73 bits per heavy atom. The highest BCUT2D eigenvalue weighted by Crippen LogP contribution is 2.13. The third-order valence-corrected chi connectivity index (χ3v) is 1.90. The van der Waals surface area contributed by atoms with E-state index in [-0.39, 0.29) is 17.7 Å². The second kappa shape index (κ2) is 4.68. The molecule has 0 unspecified atom stereocenters. The Bertz CT molecular complexity index is 402. The largest absolute Gasteiger partial charge is 0.348 e. The van der Waals surface area contributed by atoms with Crippen LogP contribution in [0.1, 0.15) is 15.9 Å². The molecule has 0 saturated heterocycles. The third kappa shape index (κ3) is 2.62. The van der Waals surface area contributed by atoms with Crippen LogP contribution in [0.2, 0.25) is 0 Å². The predicted octanol–water partition coefficient (Wildman–Crippen LogP) is 2.19. The first-order valence-corrected chi connectivity index (χ1v) is 4.41. The number of carbonyl (C=O) groups is 1. The van der Waals surface area contributed by atoms with Crippen LogP contribution in [-0.2, 0) is 0 Å². The molecule has 15 heavy (non-hydrogen) atoms. The maximum absolute atomic E-state index is 13.2. The number of hydrogen-bond acceptors (Lipinski definition) is 1. The lowest BCUT2D eigenvalue weighted by Gasteiger charge is -2.05. The average Bonchev–Trinajstić information content (AvgIpc) is 2.20. The van der Waals surface area contributed by atoms with Gasteiger partial charge >= 0.3 is 0 Å². The molecule has 1 aromatic carbocycles. The summed E-state index contributed by atoms with van der Waals surface area (Å²) in [7, 11) is 0. The zero-order valence-electron chi connectivity index (χ0n) is 8.31. The van der Waals surface area contributed by atoms with E-state index in [1.807, 2.05) is 0 Å². The molecular formula is C11H11F2NO. The molecule has 0 aromatic heterocycles. The molecule has 0 spiro atoms. The molecule has 0 radical (unpaired) electrons. The van der Waals surface area contributed by atoms with E-state index in [9.17, 15) is 13.6 Å². The summed E-state index contributed by atoms with van der Waals surface area (Å²) in [6.07, 6.45) is 1.48. The van der Waals surface area contributed by atoms with Gasteiger partial charge in [-0.15, -0.1) is 6.58 Å². The van der Waals surface area contributed by atoms with Crippen molar-refractivity contribution in [1.29, 1.82) is 0 Å².